The van der Waals surface area contributed by atoms with Crippen molar-refractivity contribution in [3.63, 3.8) is 0 Å². The minimum absolute atomic E-state index is 0.0296. The highest BCUT2D eigenvalue weighted by atomic mass is 79.9. The molecule has 2 aromatic rings. The molecule has 0 spiro atoms. The van der Waals surface area contributed by atoms with Crippen LogP contribution in [0.4, 0.5) is 0 Å². The minimum atomic E-state index is -0.121. The number of imidazole rings is 1. The second-order valence-corrected chi connectivity index (χ2v) is 7.13. The Labute approximate surface area is 136 Å². The van der Waals surface area contributed by atoms with Gasteiger partial charge in [-0.25, -0.2) is 4.79 Å². The van der Waals surface area contributed by atoms with Gasteiger partial charge in [-0.1, -0.05) is 15.9 Å². The average Bonchev–Trinajstić information content (AvgIpc) is 2.97. The molecule has 0 aliphatic carbocycles. The van der Waals surface area contributed by atoms with Crippen molar-refractivity contribution in [3.8, 4) is 0 Å². The summed E-state index contributed by atoms with van der Waals surface area (Å²) >= 11 is 10.3. The Kier molecular flexibility index (Phi) is 3.93. The standard InChI is InChI=1S/C15H18BrClN2O2/c1-8-4-9(7-21-8)14(17)10-5-12-13(6-11(10)16)19(3)15(20)18(12)2/h5-6,8-9,14H,4,7H2,1-3H3. The van der Waals surface area contributed by atoms with Crippen molar-refractivity contribution in [3.05, 3.63) is 32.7 Å². The van der Waals surface area contributed by atoms with Crippen molar-refractivity contribution in [1.29, 1.82) is 0 Å². The van der Waals surface area contributed by atoms with Crippen LogP contribution >= 0.6 is 27.5 Å². The van der Waals surface area contributed by atoms with E-state index in [2.05, 4.69) is 22.9 Å². The minimum Gasteiger partial charge on any atom is -0.378 e. The van der Waals surface area contributed by atoms with Crippen molar-refractivity contribution < 1.29 is 4.74 Å². The summed E-state index contributed by atoms with van der Waals surface area (Å²) in [5, 5.41) is -0.121. The number of ether oxygens (including phenoxy) is 1. The van der Waals surface area contributed by atoms with Crippen LogP contribution in [0.3, 0.4) is 0 Å². The fourth-order valence-corrected chi connectivity index (χ4v) is 4.12. The molecule has 3 atom stereocenters. The van der Waals surface area contributed by atoms with Gasteiger partial charge in [-0.15, -0.1) is 11.6 Å². The summed E-state index contributed by atoms with van der Waals surface area (Å²) in [6.45, 7) is 2.76. The third-order valence-electron chi connectivity index (χ3n) is 4.33. The monoisotopic (exact) mass is 372 g/mol. The number of fused-ring (bicyclic) bond motifs is 1. The van der Waals surface area contributed by atoms with Gasteiger partial charge >= 0.3 is 5.69 Å². The quantitative estimate of drug-likeness (QED) is 0.757. The van der Waals surface area contributed by atoms with Crippen molar-refractivity contribution in [2.24, 2.45) is 20.0 Å². The van der Waals surface area contributed by atoms with Gasteiger partial charge in [0.05, 0.1) is 29.1 Å². The van der Waals surface area contributed by atoms with Crippen LogP contribution in [0.1, 0.15) is 24.3 Å². The zero-order valence-corrected chi connectivity index (χ0v) is 14.6. The van der Waals surface area contributed by atoms with Gasteiger partial charge in [0.15, 0.2) is 0 Å². The highest BCUT2D eigenvalue weighted by molar-refractivity contribution is 9.10. The smallest absolute Gasteiger partial charge is 0.328 e. The molecule has 6 heteroatoms. The normalized spacial score (nSPS) is 23.9. The first kappa shape index (κ1) is 15.1. The van der Waals surface area contributed by atoms with Crippen LogP contribution in [0, 0.1) is 5.92 Å². The van der Waals surface area contributed by atoms with Crippen LogP contribution in [-0.4, -0.2) is 21.8 Å². The largest absolute Gasteiger partial charge is 0.378 e. The van der Waals surface area contributed by atoms with E-state index in [0.29, 0.717) is 12.5 Å². The van der Waals surface area contributed by atoms with Crippen LogP contribution in [0.25, 0.3) is 11.0 Å². The third-order valence-corrected chi connectivity index (χ3v) is 5.61. The van der Waals surface area contributed by atoms with Crippen molar-refractivity contribution in [2.75, 3.05) is 6.61 Å². The third kappa shape index (κ3) is 2.45. The van der Waals surface area contributed by atoms with Crippen LogP contribution < -0.4 is 5.69 Å². The molecule has 3 unspecified atom stereocenters. The van der Waals surface area contributed by atoms with Gasteiger partial charge in [0, 0.05) is 24.5 Å². The number of rotatable bonds is 2. The first-order valence-corrected chi connectivity index (χ1v) is 8.23. The molecular formula is C15H18BrClN2O2. The summed E-state index contributed by atoms with van der Waals surface area (Å²) < 4.78 is 9.87. The lowest BCUT2D eigenvalue weighted by molar-refractivity contribution is 0.120. The number of aromatic nitrogens is 2. The lowest BCUT2D eigenvalue weighted by atomic mass is 9.96. The maximum Gasteiger partial charge on any atom is 0.328 e. The molecule has 3 rings (SSSR count). The predicted molar refractivity (Wildman–Crippen MR) is 88.0 cm³/mol. The number of nitrogens with zero attached hydrogens (tertiary/aromatic N) is 2. The second kappa shape index (κ2) is 5.45. The molecule has 21 heavy (non-hydrogen) atoms. The number of hydrogen-bond acceptors (Lipinski definition) is 2. The summed E-state index contributed by atoms with van der Waals surface area (Å²) in [4.78, 5) is 12.0. The fraction of sp³-hybridized carbons (Fsp3) is 0.533. The first-order chi connectivity index (χ1) is 9.90. The summed E-state index contributed by atoms with van der Waals surface area (Å²) in [5.41, 5.74) is 2.79. The van der Waals surface area contributed by atoms with E-state index in [1.807, 2.05) is 12.1 Å². The van der Waals surface area contributed by atoms with E-state index in [4.69, 9.17) is 16.3 Å². The zero-order valence-electron chi connectivity index (χ0n) is 12.3. The maximum atomic E-state index is 12.0. The number of hydrogen-bond donors (Lipinski definition) is 0. The Bertz CT molecular complexity index is 752. The van der Waals surface area contributed by atoms with Gasteiger partial charge in [-0.05, 0) is 31.0 Å². The van der Waals surface area contributed by atoms with E-state index in [9.17, 15) is 4.79 Å². The molecule has 1 aromatic heterocycles. The lowest BCUT2D eigenvalue weighted by Gasteiger charge is -2.18. The highest BCUT2D eigenvalue weighted by Crippen LogP contribution is 2.40. The molecular weight excluding hydrogens is 356 g/mol. The van der Waals surface area contributed by atoms with E-state index in [-0.39, 0.29) is 17.2 Å². The van der Waals surface area contributed by atoms with E-state index >= 15 is 0 Å². The van der Waals surface area contributed by atoms with Gasteiger partial charge in [0.1, 0.15) is 0 Å². The molecule has 114 valence electrons. The van der Waals surface area contributed by atoms with Crippen LogP contribution in [0.5, 0.6) is 0 Å². The molecule has 0 N–H and O–H groups in total. The summed E-state index contributed by atoms with van der Waals surface area (Å²) in [6.07, 6.45) is 1.23. The molecule has 1 fully saturated rings. The molecule has 0 amide bonds. The molecule has 1 aromatic carbocycles. The SMILES string of the molecule is CC1CC(C(Cl)c2cc3c(cc2Br)n(C)c(=O)n3C)CO1. The Morgan fingerprint density at radius 1 is 1.33 bits per heavy atom. The molecule has 4 nitrogen and oxygen atoms in total. The predicted octanol–water partition coefficient (Wildman–Crippen LogP) is 3.34. The first-order valence-electron chi connectivity index (χ1n) is 7.00. The molecule has 0 saturated carbocycles. The van der Waals surface area contributed by atoms with Crippen molar-refractivity contribution in [2.45, 2.75) is 24.8 Å². The molecule has 0 radical (unpaired) electrons. The van der Waals surface area contributed by atoms with Crippen LogP contribution in [-0.2, 0) is 18.8 Å². The highest BCUT2D eigenvalue weighted by Gasteiger charge is 2.31. The van der Waals surface area contributed by atoms with Gasteiger partial charge < -0.3 is 4.74 Å². The molecule has 1 saturated heterocycles. The molecule has 2 heterocycles. The zero-order chi connectivity index (χ0) is 15.3. The molecule has 0 bridgehead atoms. The number of halogens is 2. The van der Waals surface area contributed by atoms with Gasteiger partial charge in [-0.3, -0.25) is 9.13 Å². The van der Waals surface area contributed by atoms with E-state index in [0.717, 1.165) is 27.5 Å². The van der Waals surface area contributed by atoms with Gasteiger partial charge in [-0.2, -0.15) is 0 Å². The summed E-state index contributed by atoms with van der Waals surface area (Å²) in [7, 11) is 3.56. The van der Waals surface area contributed by atoms with Gasteiger partial charge in [0.25, 0.3) is 0 Å². The Morgan fingerprint density at radius 3 is 2.52 bits per heavy atom. The van der Waals surface area contributed by atoms with E-state index in [1.165, 1.54) is 0 Å². The number of aryl methyl sites for hydroxylation is 2. The lowest BCUT2D eigenvalue weighted by Crippen LogP contribution is -2.19. The Morgan fingerprint density at radius 2 is 1.95 bits per heavy atom. The van der Waals surface area contributed by atoms with Gasteiger partial charge in [0.2, 0.25) is 0 Å². The van der Waals surface area contributed by atoms with Crippen molar-refractivity contribution in [1.82, 2.24) is 9.13 Å². The number of benzene rings is 1. The van der Waals surface area contributed by atoms with Crippen LogP contribution in [0.2, 0.25) is 0 Å². The van der Waals surface area contributed by atoms with E-state index in [1.54, 1.807) is 23.2 Å². The topological polar surface area (TPSA) is 36.2 Å². The fourth-order valence-electron chi connectivity index (χ4n) is 3.06. The average molecular weight is 374 g/mol. The maximum absolute atomic E-state index is 12.0. The Hall–Kier alpha value is -0.780. The second-order valence-electron chi connectivity index (χ2n) is 5.80. The van der Waals surface area contributed by atoms with Crippen LogP contribution in [0.15, 0.2) is 21.4 Å². The van der Waals surface area contributed by atoms with Crippen molar-refractivity contribution >= 4 is 38.6 Å². The summed E-state index contributed by atoms with van der Waals surface area (Å²) in [5.74, 6) is 0.302. The molecule has 1 aliphatic rings. The summed E-state index contributed by atoms with van der Waals surface area (Å²) in [6, 6.07) is 3.99. The Balaban J connectivity index is 2.09. The number of alkyl halides is 1. The molecule has 1 aliphatic heterocycles. The van der Waals surface area contributed by atoms with E-state index < -0.39 is 0 Å².